The molecule has 0 unspecified atom stereocenters. The van der Waals surface area contributed by atoms with Gasteiger partial charge in [-0.05, 0) is 45.4 Å². The van der Waals surface area contributed by atoms with Crippen LogP contribution < -0.4 is 5.32 Å². The number of aromatic nitrogens is 1. The van der Waals surface area contributed by atoms with Gasteiger partial charge in [0.05, 0.1) is 31.0 Å². The maximum Gasteiger partial charge on any atom is 0.407 e. The molecule has 1 aromatic heterocycles. The molecule has 1 heterocycles. The summed E-state index contributed by atoms with van der Waals surface area (Å²) >= 11 is 3.42. The fraction of sp³-hybridized carbons (Fsp3) is 0.474. The number of benzene rings is 1. The standard InChI is InChI=1S/C19H25BrN2O5/c1-6-26-17(24)16-12-8-13(20)11(10-23)7-14(12)22(5)15(16)9-21-18(25)27-19(2,3)4/h7-8,23H,6,9-10H2,1-5H3,(H,21,25). The third kappa shape index (κ3) is 4.81. The van der Waals surface area contributed by atoms with Crippen LogP contribution in [0.4, 0.5) is 4.79 Å². The minimum Gasteiger partial charge on any atom is -0.462 e. The Morgan fingerprint density at radius 1 is 1.30 bits per heavy atom. The van der Waals surface area contributed by atoms with Crippen LogP contribution in [-0.2, 0) is 29.7 Å². The summed E-state index contributed by atoms with van der Waals surface area (Å²) in [6.45, 7) is 7.28. The number of alkyl carbamates (subject to hydrolysis) is 1. The van der Waals surface area contributed by atoms with Crippen molar-refractivity contribution in [3.05, 3.63) is 33.4 Å². The van der Waals surface area contributed by atoms with Crippen molar-refractivity contribution >= 4 is 38.9 Å². The van der Waals surface area contributed by atoms with E-state index in [0.717, 1.165) is 5.52 Å². The van der Waals surface area contributed by atoms with Crippen molar-refractivity contribution < 1.29 is 24.2 Å². The maximum absolute atomic E-state index is 12.6. The normalized spacial score (nSPS) is 11.5. The number of aliphatic hydroxyl groups excluding tert-OH is 1. The summed E-state index contributed by atoms with van der Waals surface area (Å²) in [5, 5.41) is 12.9. The van der Waals surface area contributed by atoms with Crippen molar-refractivity contribution in [2.24, 2.45) is 7.05 Å². The molecule has 2 aromatic rings. The van der Waals surface area contributed by atoms with Crippen LogP contribution in [0.5, 0.6) is 0 Å². The Morgan fingerprint density at radius 3 is 2.52 bits per heavy atom. The van der Waals surface area contributed by atoms with Gasteiger partial charge >= 0.3 is 12.1 Å². The molecule has 0 spiro atoms. The van der Waals surface area contributed by atoms with E-state index in [1.807, 2.05) is 4.57 Å². The molecule has 0 radical (unpaired) electrons. The lowest BCUT2D eigenvalue weighted by Crippen LogP contribution is -2.33. The number of nitrogens with zero attached hydrogens (tertiary/aromatic N) is 1. The molecule has 0 aliphatic carbocycles. The molecule has 2 N–H and O–H groups in total. The van der Waals surface area contributed by atoms with Crippen molar-refractivity contribution in [3.63, 3.8) is 0 Å². The first-order chi connectivity index (χ1) is 12.6. The number of fused-ring (bicyclic) bond motifs is 1. The average molecular weight is 441 g/mol. The number of esters is 1. The molecule has 0 bridgehead atoms. The van der Waals surface area contributed by atoms with Crippen LogP contribution in [0.2, 0.25) is 0 Å². The van der Waals surface area contributed by atoms with E-state index < -0.39 is 17.7 Å². The molecular weight excluding hydrogens is 416 g/mol. The Hall–Kier alpha value is -2.06. The smallest absolute Gasteiger partial charge is 0.407 e. The van der Waals surface area contributed by atoms with Crippen molar-refractivity contribution in [1.82, 2.24) is 9.88 Å². The number of ether oxygens (including phenoxy) is 2. The number of aliphatic hydroxyl groups is 1. The minimum absolute atomic E-state index is 0.0975. The average Bonchev–Trinajstić information content (AvgIpc) is 2.82. The van der Waals surface area contributed by atoms with Crippen LogP contribution in [0.3, 0.4) is 0 Å². The highest BCUT2D eigenvalue weighted by Crippen LogP contribution is 2.31. The molecule has 0 fully saturated rings. The Labute approximate surface area is 166 Å². The number of hydrogen-bond donors (Lipinski definition) is 2. The van der Waals surface area contributed by atoms with E-state index in [1.54, 1.807) is 46.9 Å². The van der Waals surface area contributed by atoms with Gasteiger partial charge in [-0.1, -0.05) is 15.9 Å². The molecular formula is C19H25BrN2O5. The van der Waals surface area contributed by atoms with E-state index in [9.17, 15) is 14.7 Å². The highest BCUT2D eigenvalue weighted by atomic mass is 79.9. The largest absolute Gasteiger partial charge is 0.462 e. The molecule has 0 atom stereocenters. The van der Waals surface area contributed by atoms with Gasteiger partial charge in [-0.2, -0.15) is 0 Å². The zero-order valence-electron chi connectivity index (χ0n) is 16.2. The topological polar surface area (TPSA) is 89.8 Å². The molecule has 0 saturated heterocycles. The number of hydrogen-bond acceptors (Lipinski definition) is 5. The summed E-state index contributed by atoms with van der Waals surface area (Å²) in [4.78, 5) is 24.6. The lowest BCUT2D eigenvalue weighted by molar-refractivity contribution is 0.0502. The second kappa shape index (κ2) is 8.31. The highest BCUT2D eigenvalue weighted by Gasteiger charge is 2.24. The van der Waals surface area contributed by atoms with Gasteiger partial charge < -0.3 is 24.5 Å². The molecule has 8 heteroatoms. The van der Waals surface area contributed by atoms with E-state index in [-0.39, 0.29) is 19.8 Å². The van der Waals surface area contributed by atoms with E-state index in [4.69, 9.17) is 9.47 Å². The van der Waals surface area contributed by atoms with Crippen LogP contribution in [-0.4, -0.2) is 33.9 Å². The van der Waals surface area contributed by atoms with Gasteiger partial charge in [0.1, 0.15) is 5.60 Å². The Balaban J connectivity index is 2.49. The second-order valence-corrected chi connectivity index (χ2v) is 7.93. The van der Waals surface area contributed by atoms with Crippen molar-refractivity contribution in [1.29, 1.82) is 0 Å². The van der Waals surface area contributed by atoms with Crippen molar-refractivity contribution in [2.45, 2.75) is 46.4 Å². The first-order valence-corrected chi connectivity index (χ1v) is 9.42. The highest BCUT2D eigenvalue weighted by molar-refractivity contribution is 9.10. The summed E-state index contributed by atoms with van der Waals surface area (Å²) in [7, 11) is 1.80. The third-order valence-corrected chi connectivity index (χ3v) is 4.68. The molecule has 1 amide bonds. The molecule has 27 heavy (non-hydrogen) atoms. The van der Waals surface area contributed by atoms with Gasteiger partial charge in [-0.25, -0.2) is 9.59 Å². The minimum atomic E-state index is -0.617. The summed E-state index contributed by atoms with van der Waals surface area (Å²) in [5.74, 6) is -0.465. The molecule has 0 saturated carbocycles. The van der Waals surface area contributed by atoms with Crippen molar-refractivity contribution in [2.75, 3.05) is 6.61 Å². The lowest BCUT2D eigenvalue weighted by atomic mass is 10.1. The van der Waals surface area contributed by atoms with Gasteiger partial charge in [0.15, 0.2) is 0 Å². The number of nitrogens with one attached hydrogen (secondary N) is 1. The van der Waals surface area contributed by atoms with Gasteiger partial charge in [0.2, 0.25) is 0 Å². The lowest BCUT2D eigenvalue weighted by Gasteiger charge is -2.20. The fourth-order valence-electron chi connectivity index (χ4n) is 2.78. The van der Waals surface area contributed by atoms with Crippen molar-refractivity contribution in [3.8, 4) is 0 Å². The van der Waals surface area contributed by atoms with Crippen LogP contribution >= 0.6 is 15.9 Å². The van der Waals surface area contributed by atoms with E-state index in [0.29, 0.717) is 26.7 Å². The summed E-state index contributed by atoms with van der Waals surface area (Å²) in [5.41, 5.74) is 1.82. The van der Waals surface area contributed by atoms with Crippen LogP contribution in [0, 0.1) is 0 Å². The number of carbonyl (C=O) groups is 2. The zero-order valence-corrected chi connectivity index (χ0v) is 17.8. The maximum atomic E-state index is 12.6. The van der Waals surface area contributed by atoms with Gasteiger partial charge in [0.25, 0.3) is 0 Å². The number of halogens is 1. The molecule has 2 rings (SSSR count). The summed E-state index contributed by atoms with van der Waals surface area (Å²) < 4.78 is 13.0. The van der Waals surface area contributed by atoms with Crippen LogP contribution in [0.15, 0.2) is 16.6 Å². The summed E-state index contributed by atoms with van der Waals surface area (Å²) in [6.07, 6.45) is -0.570. The Kier molecular flexibility index (Phi) is 6.54. The van der Waals surface area contributed by atoms with Gasteiger partial charge in [-0.15, -0.1) is 0 Å². The van der Waals surface area contributed by atoms with Gasteiger partial charge in [0, 0.05) is 22.4 Å². The van der Waals surface area contributed by atoms with Gasteiger partial charge in [-0.3, -0.25) is 0 Å². The number of carbonyl (C=O) groups excluding carboxylic acids is 2. The number of amides is 1. The third-order valence-electron chi connectivity index (χ3n) is 3.94. The monoisotopic (exact) mass is 440 g/mol. The zero-order chi connectivity index (χ0) is 20.4. The number of rotatable bonds is 5. The first kappa shape index (κ1) is 21.2. The van der Waals surface area contributed by atoms with E-state index in [2.05, 4.69) is 21.2 Å². The Bertz CT molecular complexity index is 867. The second-order valence-electron chi connectivity index (χ2n) is 7.08. The SMILES string of the molecule is CCOC(=O)c1c(CNC(=O)OC(C)(C)C)n(C)c2cc(CO)c(Br)cc12. The Morgan fingerprint density at radius 2 is 1.96 bits per heavy atom. The van der Waals surface area contributed by atoms with Crippen LogP contribution in [0.25, 0.3) is 10.9 Å². The molecule has 7 nitrogen and oxygen atoms in total. The number of aryl methyl sites for hydroxylation is 1. The van der Waals surface area contributed by atoms with E-state index >= 15 is 0 Å². The molecule has 1 aromatic carbocycles. The molecule has 148 valence electrons. The predicted octanol–water partition coefficient (Wildman–Crippen LogP) is 3.63. The fourth-order valence-corrected chi connectivity index (χ4v) is 3.25. The van der Waals surface area contributed by atoms with E-state index in [1.165, 1.54) is 0 Å². The first-order valence-electron chi connectivity index (χ1n) is 8.63. The predicted molar refractivity (Wildman–Crippen MR) is 106 cm³/mol. The molecule has 0 aliphatic heterocycles. The quantitative estimate of drug-likeness (QED) is 0.692. The summed E-state index contributed by atoms with van der Waals surface area (Å²) in [6, 6.07) is 3.59. The molecule has 0 aliphatic rings. The van der Waals surface area contributed by atoms with Crippen LogP contribution in [0.1, 0.15) is 49.3 Å².